The molecule has 0 amide bonds. The highest BCUT2D eigenvalue weighted by molar-refractivity contribution is 7.92. The van der Waals surface area contributed by atoms with Crippen LogP contribution >= 0.6 is 0 Å². The van der Waals surface area contributed by atoms with E-state index in [4.69, 9.17) is 4.74 Å². The predicted molar refractivity (Wildman–Crippen MR) is 75.2 cm³/mol. The quantitative estimate of drug-likeness (QED) is 0.857. The third kappa shape index (κ3) is 3.42. The third-order valence-electron chi connectivity index (χ3n) is 3.31. The molecule has 1 atom stereocenters. The van der Waals surface area contributed by atoms with Crippen molar-refractivity contribution in [1.82, 2.24) is 19.7 Å². The molecule has 3 rings (SSSR count). The van der Waals surface area contributed by atoms with Crippen LogP contribution in [0.4, 0.5) is 5.69 Å². The minimum absolute atomic E-state index is 0.0193. The second-order valence-electron chi connectivity index (χ2n) is 4.96. The maximum atomic E-state index is 12.0. The molecule has 0 spiro atoms. The Morgan fingerprint density at radius 3 is 3.05 bits per heavy atom. The summed E-state index contributed by atoms with van der Waals surface area (Å²) in [6, 6.07) is 0. The lowest BCUT2D eigenvalue weighted by Crippen LogP contribution is -2.24. The Morgan fingerprint density at radius 1 is 1.43 bits per heavy atom. The van der Waals surface area contributed by atoms with Gasteiger partial charge in [-0.15, -0.1) is 0 Å². The third-order valence-corrected chi connectivity index (χ3v) is 4.62. The molecule has 2 N–H and O–H groups in total. The molecule has 21 heavy (non-hydrogen) atoms. The zero-order valence-electron chi connectivity index (χ0n) is 11.4. The predicted octanol–water partition coefficient (Wildman–Crippen LogP) is 0.976. The van der Waals surface area contributed by atoms with Gasteiger partial charge in [-0.1, -0.05) is 0 Å². The summed E-state index contributed by atoms with van der Waals surface area (Å²) in [6.45, 7) is 1.41. The molecule has 0 aromatic carbocycles. The molecule has 1 aliphatic heterocycles. The Morgan fingerprint density at radius 2 is 2.33 bits per heavy atom. The van der Waals surface area contributed by atoms with Crippen molar-refractivity contribution in [3.63, 3.8) is 0 Å². The van der Waals surface area contributed by atoms with Gasteiger partial charge >= 0.3 is 0 Å². The van der Waals surface area contributed by atoms with Crippen molar-refractivity contribution in [3.8, 4) is 0 Å². The average molecular weight is 311 g/mol. The van der Waals surface area contributed by atoms with Gasteiger partial charge in [-0.3, -0.25) is 9.40 Å². The summed E-state index contributed by atoms with van der Waals surface area (Å²) in [5.41, 5.74) is 0.417. The lowest BCUT2D eigenvalue weighted by atomic mass is 10.1. The van der Waals surface area contributed by atoms with E-state index in [9.17, 15) is 8.42 Å². The van der Waals surface area contributed by atoms with Crippen LogP contribution in [-0.2, 0) is 21.3 Å². The summed E-state index contributed by atoms with van der Waals surface area (Å²) < 4.78 is 33.8. The van der Waals surface area contributed by atoms with Crippen LogP contribution in [0.1, 0.15) is 19.3 Å². The first-order chi connectivity index (χ1) is 10.1. The first kappa shape index (κ1) is 14.1. The van der Waals surface area contributed by atoms with E-state index in [-0.39, 0.29) is 11.1 Å². The van der Waals surface area contributed by atoms with Crippen LogP contribution in [0.25, 0.3) is 0 Å². The van der Waals surface area contributed by atoms with Crippen LogP contribution < -0.4 is 4.72 Å². The Kier molecular flexibility index (Phi) is 3.93. The first-order valence-corrected chi connectivity index (χ1v) is 8.27. The van der Waals surface area contributed by atoms with Gasteiger partial charge < -0.3 is 9.72 Å². The highest BCUT2D eigenvalue weighted by atomic mass is 32.2. The fraction of sp³-hybridized carbons (Fsp3) is 0.500. The van der Waals surface area contributed by atoms with Crippen molar-refractivity contribution >= 4 is 15.7 Å². The van der Waals surface area contributed by atoms with Gasteiger partial charge in [0.1, 0.15) is 0 Å². The molecule has 0 aliphatic carbocycles. The monoisotopic (exact) mass is 311 g/mol. The maximum absolute atomic E-state index is 12.0. The van der Waals surface area contributed by atoms with E-state index in [1.54, 1.807) is 10.9 Å². The van der Waals surface area contributed by atoms with Crippen LogP contribution in [0.3, 0.4) is 0 Å². The summed E-state index contributed by atoms with van der Waals surface area (Å²) >= 11 is 0. The fourth-order valence-corrected chi connectivity index (χ4v) is 3.21. The lowest BCUT2D eigenvalue weighted by molar-refractivity contribution is 0.00401. The molecule has 1 saturated heterocycles. The van der Waals surface area contributed by atoms with Gasteiger partial charge in [-0.05, 0) is 19.3 Å². The number of nitrogens with one attached hydrogen (secondary N) is 2. The zero-order chi connectivity index (χ0) is 14.7. The molecule has 8 nitrogen and oxygen atoms in total. The van der Waals surface area contributed by atoms with Gasteiger partial charge in [-0.25, -0.2) is 4.98 Å². The number of hydrogen-bond donors (Lipinski definition) is 2. The van der Waals surface area contributed by atoms with Gasteiger partial charge in [0, 0.05) is 12.8 Å². The van der Waals surface area contributed by atoms with Crippen molar-refractivity contribution in [3.05, 3.63) is 24.9 Å². The summed E-state index contributed by atoms with van der Waals surface area (Å²) in [6.07, 6.45) is 9.13. The number of aromatic amines is 1. The summed E-state index contributed by atoms with van der Waals surface area (Å²) in [5, 5.41) is 4.18. The Labute approximate surface area is 122 Å². The molecule has 3 heterocycles. The Balaban J connectivity index is 1.65. The molecule has 0 saturated carbocycles. The van der Waals surface area contributed by atoms with E-state index in [2.05, 4.69) is 19.8 Å². The minimum Gasteiger partial charge on any atom is -0.376 e. The van der Waals surface area contributed by atoms with Crippen molar-refractivity contribution in [2.45, 2.75) is 36.9 Å². The van der Waals surface area contributed by atoms with E-state index < -0.39 is 10.0 Å². The number of anilines is 1. The van der Waals surface area contributed by atoms with E-state index in [1.165, 1.54) is 18.7 Å². The molecule has 0 radical (unpaired) electrons. The second-order valence-corrected chi connectivity index (χ2v) is 6.61. The van der Waals surface area contributed by atoms with Crippen molar-refractivity contribution in [1.29, 1.82) is 0 Å². The summed E-state index contributed by atoms with van der Waals surface area (Å²) in [5.74, 6) is 0. The van der Waals surface area contributed by atoms with E-state index in [1.807, 2.05) is 0 Å². The summed E-state index contributed by atoms with van der Waals surface area (Å²) in [4.78, 5) is 6.26. The second kappa shape index (κ2) is 5.86. The highest BCUT2D eigenvalue weighted by Crippen LogP contribution is 2.16. The first-order valence-electron chi connectivity index (χ1n) is 6.79. The van der Waals surface area contributed by atoms with Crippen LogP contribution in [0.15, 0.2) is 29.9 Å². The molecule has 9 heteroatoms. The Hall–Kier alpha value is -1.87. The van der Waals surface area contributed by atoms with Gasteiger partial charge in [0.2, 0.25) is 0 Å². The number of imidazole rings is 1. The number of H-pyrrole nitrogens is 1. The number of ether oxygens (including phenoxy) is 1. The van der Waals surface area contributed by atoms with Crippen LogP contribution in [0.2, 0.25) is 0 Å². The van der Waals surface area contributed by atoms with Crippen molar-refractivity contribution in [2.24, 2.45) is 0 Å². The van der Waals surface area contributed by atoms with E-state index >= 15 is 0 Å². The molecule has 1 aliphatic rings. The molecule has 2 aromatic heterocycles. The van der Waals surface area contributed by atoms with Crippen LogP contribution in [-0.4, -0.2) is 40.9 Å². The molecule has 2 aromatic rings. The van der Waals surface area contributed by atoms with E-state index in [0.717, 1.165) is 25.9 Å². The van der Waals surface area contributed by atoms with Gasteiger partial charge in [0.25, 0.3) is 10.0 Å². The number of nitrogens with zero attached hydrogens (tertiary/aromatic N) is 3. The fourth-order valence-electron chi connectivity index (χ4n) is 2.28. The minimum atomic E-state index is -3.64. The van der Waals surface area contributed by atoms with E-state index in [0.29, 0.717) is 12.2 Å². The molecular weight excluding hydrogens is 294 g/mol. The van der Waals surface area contributed by atoms with Gasteiger partial charge in [0.05, 0.1) is 37.1 Å². The SMILES string of the molecule is O=S(=O)(Nc1cnn(CC2CCCCO2)c1)c1cnc[nH]1. The largest absolute Gasteiger partial charge is 0.376 e. The Bertz CT molecular complexity index is 674. The number of rotatable bonds is 5. The van der Waals surface area contributed by atoms with Gasteiger partial charge in [-0.2, -0.15) is 13.5 Å². The smallest absolute Gasteiger partial charge is 0.279 e. The lowest BCUT2D eigenvalue weighted by Gasteiger charge is -2.22. The van der Waals surface area contributed by atoms with Gasteiger partial charge in [0.15, 0.2) is 5.03 Å². The van der Waals surface area contributed by atoms with Crippen molar-refractivity contribution < 1.29 is 13.2 Å². The highest BCUT2D eigenvalue weighted by Gasteiger charge is 2.18. The number of sulfonamides is 1. The zero-order valence-corrected chi connectivity index (χ0v) is 12.2. The molecule has 1 unspecified atom stereocenters. The maximum Gasteiger partial charge on any atom is 0.279 e. The molecule has 0 bridgehead atoms. The molecule has 1 fully saturated rings. The van der Waals surface area contributed by atoms with Crippen LogP contribution in [0.5, 0.6) is 0 Å². The van der Waals surface area contributed by atoms with Crippen LogP contribution in [0, 0.1) is 0 Å². The summed E-state index contributed by atoms with van der Waals surface area (Å²) in [7, 11) is -3.64. The standard InChI is InChI=1S/C12H17N5O3S/c18-21(19,12-6-13-9-14-12)16-10-5-15-17(7-10)8-11-3-1-2-4-20-11/h5-7,9,11,16H,1-4,8H2,(H,13,14). The topological polar surface area (TPSA) is 102 Å². The number of aromatic nitrogens is 4. The average Bonchev–Trinajstić information content (AvgIpc) is 3.11. The normalized spacial score (nSPS) is 19.5. The number of hydrogen-bond acceptors (Lipinski definition) is 5. The molecule has 114 valence electrons. The molecular formula is C12H17N5O3S. The van der Waals surface area contributed by atoms with Crippen molar-refractivity contribution in [2.75, 3.05) is 11.3 Å².